The molecule has 0 aliphatic carbocycles. The van der Waals surface area contributed by atoms with Crippen LogP contribution in [0.3, 0.4) is 0 Å². The molecule has 0 bridgehead atoms. The molecule has 3 heterocycles. The van der Waals surface area contributed by atoms with E-state index in [0.717, 1.165) is 11.0 Å². The molecular formula is C20H19F3N8O2S. The van der Waals surface area contributed by atoms with Crippen LogP contribution in [0, 0.1) is 18.3 Å². The standard InChI is InChI=1S/C20H19F3N8O2S/c1-4-19(34,33-3)16-13(8-24)11(2)25-10-15(16)30-18(32)29-12-7-14(20(21,22)23)17(26-9-12)31-27-5-6-28-31/h5-7,9-10,34H,4H2,1-3H3,(H2,29,30,32). The molecule has 34 heavy (non-hydrogen) atoms. The van der Waals surface area contributed by atoms with Gasteiger partial charge in [0.05, 0.1) is 47.4 Å². The van der Waals surface area contributed by atoms with Crippen molar-refractivity contribution in [3.8, 4) is 11.9 Å². The van der Waals surface area contributed by atoms with Gasteiger partial charge in [0.1, 0.15) is 16.6 Å². The van der Waals surface area contributed by atoms with Crippen molar-refractivity contribution in [1.82, 2.24) is 25.0 Å². The van der Waals surface area contributed by atoms with E-state index < -0.39 is 28.5 Å². The minimum Gasteiger partial charge on any atom is -0.363 e. The first kappa shape index (κ1) is 24.9. The molecule has 14 heteroatoms. The fraction of sp³-hybridized carbons (Fsp3) is 0.300. The molecule has 2 N–H and O–H groups in total. The van der Waals surface area contributed by atoms with Crippen LogP contribution >= 0.6 is 12.6 Å². The van der Waals surface area contributed by atoms with E-state index in [1.54, 1.807) is 13.8 Å². The normalized spacial score (nSPS) is 13.1. The maximum atomic E-state index is 13.6. The van der Waals surface area contributed by atoms with Crippen molar-refractivity contribution in [3.05, 3.63) is 53.2 Å². The highest BCUT2D eigenvalue weighted by atomic mass is 32.1. The molecule has 178 valence electrons. The number of nitrogens with one attached hydrogen (secondary N) is 2. The van der Waals surface area contributed by atoms with Gasteiger partial charge in [0, 0.05) is 12.7 Å². The topological polar surface area (TPSA) is 131 Å². The van der Waals surface area contributed by atoms with Crippen LogP contribution in [0.2, 0.25) is 0 Å². The summed E-state index contributed by atoms with van der Waals surface area (Å²) in [6, 6.07) is 1.86. The Bertz CT molecular complexity index is 1240. The minimum atomic E-state index is -4.79. The number of aryl methyl sites for hydroxylation is 1. The molecule has 0 saturated carbocycles. The Morgan fingerprint density at radius 1 is 1.24 bits per heavy atom. The minimum absolute atomic E-state index is 0.111. The van der Waals surface area contributed by atoms with Gasteiger partial charge >= 0.3 is 12.2 Å². The molecule has 1 unspecified atom stereocenters. The first-order valence-corrected chi connectivity index (χ1v) is 10.2. The average Bonchev–Trinajstić information content (AvgIpc) is 3.33. The lowest BCUT2D eigenvalue weighted by Crippen LogP contribution is -2.27. The predicted octanol–water partition coefficient (Wildman–Crippen LogP) is 4.04. The number of urea groups is 1. The maximum Gasteiger partial charge on any atom is 0.420 e. The second kappa shape index (κ2) is 9.65. The van der Waals surface area contributed by atoms with E-state index in [1.807, 2.05) is 6.07 Å². The van der Waals surface area contributed by atoms with E-state index in [-0.39, 0.29) is 22.5 Å². The fourth-order valence-electron chi connectivity index (χ4n) is 3.17. The third kappa shape index (κ3) is 4.95. The molecule has 0 aliphatic heterocycles. The number of anilines is 2. The Kier molecular flexibility index (Phi) is 7.08. The Morgan fingerprint density at radius 3 is 2.47 bits per heavy atom. The summed E-state index contributed by atoms with van der Waals surface area (Å²) in [5, 5.41) is 21.8. The van der Waals surface area contributed by atoms with Crippen LogP contribution in [-0.2, 0) is 15.8 Å². The summed E-state index contributed by atoms with van der Waals surface area (Å²) in [7, 11) is 1.40. The molecular weight excluding hydrogens is 473 g/mol. The Labute approximate surface area is 197 Å². The Hall–Kier alpha value is -3.70. The Balaban J connectivity index is 1.95. The van der Waals surface area contributed by atoms with Gasteiger partial charge in [-0.2, -0.15) is 28.6 Å². The third-order valence-corrected chi connectivity index (χ3v) is 5.60. The predicted molar refractivity (Wildman–Crippen MR) is 118 cm³/mol. The molecule has 10 nitrogen and oxygen atoms in total. The first-order valence-electron chi connectivity index (χ1n) is 9.73. The summed E-state index contributed by atoms with van der Waals surface area (Å²) in [4.78, 5) is 20.0. The third-order valence-electron chi connectivity index (χ3n) is 4.87. The number of amides is 2. The molecule has 0 aromatic carbocycles. The van der Waals surface area contributed by atoms with Crippen LogP contribution in [0.4, 0.5) is 29.3 Å². The van der Waals surface area contributed by atoms with Crippen molar-refractivity contribution in [3.63, 3.8) is 0 Å². The van der Waals surface area contributed by atoms with Crippen LogP contribution in [0.5, 0.6) is 0 Å². The van der Waals surface area contributed by atoms with Gasteiger partial charge in [0.15, 0.2) is 5.82 Å². The van der Waals surface area contributed by atoms with Gasteiger partial charge in [-0.15, -0.1) is 17.4 Å². The molecule has 3 aromatic rings. The number of alkyl halides is 3. The number of hydrogen-bond donors (Lipinski definition) is 3. The largest absolute Gasteiger partial charge is 0.420 e. The number of rotatable bonds is 6. The van der Waals surface area contributed by atoms with Crippen molar-refractivity contribution in [2.45, 2.75) is 31.4 Å². The second-order valence-corrected chi connectivity index (χ2v) is 7.67. The molecule has 1 atom stereocenters. The quantitative estimate of drug-likeness (QED) is 0.350. The molecule has 0 radical (unpaired) electrons. The number of carbonyl (C=O) groups is 1. The highest BCUT2D eigenvalue weighted by Gasteiger charge is 2.36. The molecule has 0 aliphatic rings. The lowest BCUT2D eigenvalue weighted by Gasteiger charge is -2.29. The summed E-state index contributed by atoms with van der Waals surface area (Å²) in [6.45, 7) is 3.39. The van der Waals surface area contributed by atoms with Crippen LogP contribution in [0.1, 0.15) is 35.7 Å². The number of aromatic nitrogens is 5. The maximum absolute atomic E-state index is 13.6. The zero-order valence-corrected chi connectivity index (χ0v) is 19.1. The zero-order valence-electron chi connectivity index (χ0n) is 18.2. The number of hydrogen-bond acceptors (Lipinski definition) is 8. The lowest BCUT2D eigenvalue weighted by molar-refractivity contribution is -0.137. The van der Waals surface area contributed by atoms with Gasteiger partial charge in [-0.05, 0) is 19.4 Å². The summed E-state index contributed by atoms with van der Waals surface area (Å²) in [6.07, 6.45) is 0.320. The number of carbonyl (C=O) groups excluding carboxylic acids is 1. The van der Waals surface area contributed by atoms with E-state index in [4.69, 9.17) is 4.74 Å². The van der Waals surface area contributed by atoms with E-state index in [0.29, 0.717) is 18.2 Å². The van der Waals surface area contributed by atoms with Crippen molar-refractivity contribution in [2.75, 3.05) is 17.7 Å². The number of nitriles is 1. The van der Waals surface area contributed by atoms with E-state index in [1.165, 1.54) is 25.7 Å². The summed E-state index contributed by atoms with van der Waals surface area (Å²) in [5.74, 6) is -0.546. The fourth-order valence-corrected chi connectivity index (χ4v) is 3.40. The van der Waals surface area contributed by atoms with Gasteiger partial charge in [0.2, 0.25) is 0 Å². The van der Waals surface area contributed by atoms with Crippen molar-refractivity contribution in [2.24, 2.45) is 0 Å². The molecule has 0 fully saturated rings. The van der Waals surface area contributed by atoms with Crippen LogP contribution < -0.4 is 10.6 Å². The van der Waals surface area contributed by atoms with Crippen LogP contribution in [0.25, 0.3) is 5.82 Å². The highest BCUT2D eigenvalue weighted by molar-refractivity contribution is 7.81. The Morgan fingerprint density at radius 2 is 1.91 bits per heavy atom. The molecule has 2 amide bonds. The number of pyridine rings is 2. The zero-order chi connectivity index (χ0) is 25.1. The molecule has 3 rings (SSSR count). The molecule has 3 aromatic heterocycles. The van der Waals surface area contributed by atoms with Crippen molar-refractivity contribution < 1.29 is 22.7 Å². The summed E-state index contributed by atoms with van der Waals surface area (Å²) in [5.41, 5.74) is -0.435. The highest BCUT2D eigenvalue weighted by Crippen LogP contribution is 2.40. The first-order chi connectivity index (χ1) is 16.0. The lowest BCUT2D eigenvalue weighted by atomic mass is 9.98. The van der Waals surface area contributed by atoms with E-state index in [2.05, 4.69) is 43.4 Å². The monoisotopic (exact) mass is 492 g/mol. The van der Waals surface area contributed by atoms with Gasteiger partial charge in [-0.1, -0.05) is 6.92 Å². The average molecular weight is 492 g/mol. The van der Waals surface area contributed by atoms with Gasteiger partial charge in [-0.3, -0.25) is 4.98 Å². The van der Waals surface area contributed by atoms with Gasteiger partial charge in [0.25, 0.3) is 0 Å². The van der Waals surface area contributed by atoms with Crippen LogP contribution in [-0.4, -0.2) is 38.1 Å². The SMILES string of the molecule is CCC(S)(OC)c1c(NC(=O)Nc2cnc(-n3nccn3)c(C(F)(F)F)c2)cnc(C)c1C#N. The molecule has 0 saturated heterocycles. The molecule has 0 spiro atoms. The summed E-state index contributed by atoms with van der Waals surface area (Å²) < 4.78 is 46.2. The van der Waals surface area contributed by atoms with Gasteiger partial charge < -0.3 is 15.4 Å². The number of halogens is 3. The van der Waals surface area contributed by atoms with E-state index in [9.17, 15) is 23.2 Å². The van der Waals surface area contributed by atoms with E-state index >= 15 is 0 Å². The smallest absolute Gasteiger partial charge is 0.363 e. The number of nitrogens with zero attached hydrogens (tertiary/aromatic N) is 6. The van der Waals surface area contributed by atoms with Gasteiger partial charge in [-0.25, -0.2) is 9.78 Å². The number of ether oxygens (including phenoxy) is 1. The number of thiol groups is 1. The second-order valence-electron chi connectivity index (χ2n) is 6.95. The number of methoxy groups -OCH3 is 1. The summed E-state index contributed by atoms with van der Waals surface area (Å²) >= 11 is 4.53. The van der Waals surface area contributed by atoms with Crippen LogP contribution in [0.15, 0.2) is 30.9 Å². The van der Waals surface area contributed by atoms with Crippen molar-refractivity contribution in [1.29, 1.82) is 5.26 Å². The van der Waals surface area contributed by atoms with Crippen molar-refractivity contribution >= 4 is 30.0 Å².